The molecule has 0 bridgehead atoms. The number of carbonyl (C=O) groups excluding carboxylic acids is 1. The average Bonchev–Trinajstić information content (AvgIpc) is 2.89. The minimum Gasteiger partial charge on any atom is -0.467 e. The molecule has 2 rings (SSSR count). The molecule has 0 aliphatic rings. The first kappa shape index (κ1) is 13.3. The van der Waals surface area contributed by atoms with Gasteiger partial charge in [-0.1, -0.05) is 18.2 Å². The monoisotopic (exact) mass is 263 g/mol. The number of furan rings is 1. The third-order valence-electron chi connectivity index (χ3n) is 2.65. The van der Waals surface area contributed by atoms with Crippen LogP contribution in [0.1, 0.15) is 21.7 Å². The molecule has 0 amide bonds. The van der Waals surface area contributed by atoms with Crippen molar-refractivity contribution in [3.63, 3.8) is 0 Å². The van der Waals surface area contributed by atoms with Crippen LogP contribution < -0.4 is 5.32 Å². The van der Waals surface area contributed by atoms with E-state index in [-0.39, 0.29) is 5.82 Å². The first-order valence-corrected chi connectivity index (χ1v) is 5.80. The van der Waals surface area contributed by atoms with Crippen LogP contribution in [-0.4, -0.2) is 13.1 Å². The molecule has 0 aliphatic carbocycles. The van der Waals surface area contributed by atoms with Crippen molar-refractivity contribution in [2.24, 2.45) is 0 Å². The highest BCUT2D eigenvalue weighted by Crippen LogP contribution is 2.10. The van der Waals surface area contributed by atoms with E-state index in [9.17, 15) is 9.18 Å². The van der Waals surface area contributed by atoms with Crippen LogP contribution in [0.2, 0.25) is 0 Å². The topological polar surface area (TPSA) is 51.5 Å². The van der Waals surface area contributed by atoms with Crippen molar-refractivity contribution in [1.82, 2.24) is 5.32 Å². The Morgan fingerprint density at radius 1 is 1.37 bits per heavy atom. The summed E-state index contributed by atoms with van der Waals surface area (Å²) in [5.74, 6) is -0.0921. The Hall–Kier alpha value is -2.14. The molecule has 4 nitrogen and oxygen atoms in total. The number of benzene rings is 1. The molecule has 0 unspecified atom stereocenters. The molecule has 0 saturated carbocycles. The Bertz CT molecular complexity index is 565. The highest BCUT2D eigenvalue weighted by atomic mass is 19.1. The highest BCUT2D eigenvalue weighted by molar-refractivity contribution is 5.88. The van der Waals surface area contributed by atoms with Crippen molar-refractivity contribution in [3.8, 4) is 0 Å². The number of hydrogen-bond donors (Lipinski definition) is 1. The molecule has 0 spiro atoms. The summed E-state index contributed by atoms with van der Waals surface area (Å²) in [6, 6.07) is 8.15. The predicted octanol–water partition coefficient (Wildman–Crippen LogP) is 2.50. The Morgan fingerprint density at radius 3 is 2.89 bits per heavy atom. The van der Waals surface area contributed by atoms with Gasteiger partial charge in [-0.2, -0.15) is 0 Å². The molecule has 0 radical (unpaired) electrons. The zero-order valence-electron chi connectivity index (χ0n) is 10.5. The molecule has 0 aliphatic heterocycles. The van der Waals surface area contributed by atoms with Gasteiger partial charge in [0.25, 0.3) is 0 Å². The van der Waals surface area contributed by atoms with Gasteiger partial charge in [0.05, 0.1) is 19.2 Å². The Kier molecular flexibility index (Phi) is 4.30. The van der Waals surface area contributed by atoms with E-state index in [1.165, 1.54) is 19.4 Å². The zero-order chi connectivity index (χ0) is 13.7. The maximum Gasteiger partial charge on any atom is 0.341 e. The lowest BCUT2D eigenvalue weighted by atomic mass is 10.2. The van der Waals surface area contributed by atoms with E-state index in [4.69, 9.17) is 4.42 Å². The first-order chi connectivity index (χ1) is 9.20. The summed E-state index contributed by atoms with van der Waals surface area (Å²) in [5, 5.41) is 3.04. The number of rotatable bonds is 5. The van der Waals surface area contributed by atoms with Crippen LogP contribution >= 0.6 is 0 Å². The van der Waals surface area contributed by atoms with E-state index in [1.54, 1.807) is 24.3 Å². The lowest BCUT2D eigenvalue weighted by Crippen LogP contribution is -2.13. The van der Waals surface area contributed by atoms with E-state index in [1.807, 2.05) is 0 Å². The van der Waals surface area contributed by atoms with Crippen molar-refractivity contribution < 1.29 is 18.3 Å². The van der Waals surface area contributed by atoms with Crippen LogP contribution in [0.3, 0.4) is 0 Å². The van der Waals surface area contributed by atoms with Gasteiger partial charge in [-0.15, -0.1) is 0 Å². The molecule has 19 heavy (non-hydrogen) atoms. The number of carbonyl (C=O) groups is 1. The van der Waals surface area contributed by atoms with Crippen LogP contribution in [0.5, 0.6) is 0 Å². The van der Waals surface area contributed by atoms with Crippen LogP contribution in [0.15, 0.2) is 41.0 Å². The highest BCUT2D eigenvalue weighted by Gasteiger charge is 2.09. The fourth-order valence-electron chi connectivity index (χ4n) is 1.66. The lowest BCUT2D eigenvalue weighted by molar-refractivity contribution is 0.0600. The maximum absolute atomic E-state index is 13.3. The number of ether oxygens (including phenoxy) is 1. The summed E-state index contributed by atoms with van der Waals surface area (Å²) >= 11 is 0. The van der Waals surface area contributed by atoms with Crippen molar-refractivity contribution in [2.45, 2.75) is 13.1 Å². The number of halogens is 1. The fraction of sp³-hybridized carbons (Fsp3) is 0.214. The smallest absolute Gasteiger partial charge is 0.341 e. The standard InChI is InChI=1S/C14H14FNO3/c1-18-14(17)11-6-12(19-9-11)8-16-7-10-4-2-3-5-13(10)15/h2-6,9,16H,7-8H2,1H3. The Balaban J connectivity index is 1.88. The van der Waals surface area contributed by atoms with Gasteiger partial charge in [-0.3, -0.25) is 0 Å². The third kappa shape index (κ3) is 3.42. The van der Waals surface area contributed by atoms with Crippen LogP contribution in [0, 0.1) is 5.82 Å². The maximum atomic E-state index is 13.3. The van der Waals surface area contributed by atoms with Crippen LogP contribution in [0.25, 0.3) is 0 Å². The van der Waals surface area contributed by atoms with E-state index in [0.717, 1.165) is 0 Å². The Morgan fingerprint density at radius 2 is 2.16 bits per heavy atom. The molecule has 1 aromatic carbocycles. The summed E-state index contributed by atoms with van der Waals surface area (Å²) in [6.45, 7) is 0.798. The minimum atomic E-state index is -0.441. The van der Waals surface area contributed by atoms with E-state index < -0.39 is 5.97 Å². The summed E-state index contributed by atoms with van der Waals surface area (Å²) in [4.78, 5) is 11.2. The summed E-state index contributed by atoms with van der Waals surface area (Å²) < 4.78 is 23.1. The van der Waals surface area contributed by atoms with Gasteiger partial charge in [0, 0.05) is 12.1 Å². The molecular formula is C14H14FNO3. The van der Waals surface area contributed by atoms with E-state index >= 15 is 0 Å². The van der Waals surface area contributed by atoms with Gasteiger partial charge in [0.2, 0.25) is 0 Å². The number of esters is 1. The second-order valence-corrected chi connectivity index (χ2v) is 3.99. The van der Waals surface area contributed by atoms with Gasteiger partial charge in [-0.25, -0.2) is 9.18 Å². The third-order valence-corrected chi connectivity index (χ3v) is 2.65. The van der Waals surface area contributed by atoms with Gasteiger partial charge >= 0.3 is 5.97 Å². The number of nitrogens with one attached hydrogen (secondary N) is 1. The first-order valence-electron chi connectivity index (χ1n) is 5.80. The molecule has 1 N–H and O–H groups in total. The summed E-state index contributed by atoms with van der Waals surface area (Å²) in [6.07, 6.45) is 1.34. The molecule has 0 fully saturated rings. The van der Waals surface area contributed by atoms with Gasteiger partial charge in [0.15, 0.2) is 0 Å². The average molecular weight is 263 g/mol. The van der Waals surface area contributed by atoms with E-state index in [2.05, 4.69) is 10.1 Å². The lowest BCUT2D eigenvalue weighted by Gasteiger charge is -2.03. The van der Waals surface area contributed by atoms with Crippen molar-refractivity contribution in [3.05, 3.63) is 59.3 Å². The second kappa shape index (κ2) is 6.15. The molecule has 100 valence electrons. The summed E-state index contributed by atoms with van der Waals surface area (Å²) in [5.41, 5.74) is 0.951. The number of methoxy groups -OCH3 is 1. The van der Waals surface area contributed by atoms with Gasteiger partial charge in [-0.05, 0) is 12.1 Å². The van der Waals surface area contributed by atoms with Crippen molar-refractivity contribution in [2.75, 3.05) is 7.11 Å². The minimum absolute atomic E-state index is 0.246. The molecular weight excluding hydrogens is 249 g/mol. The largest absolute Gasteiger partial charge is 0.467 e. The molecule has 1 heterocycles. The molecule has 0 atom stereocenters. The van der Waals surface area contributed by atoms with Gasteiger partial charge in [0.1, 0.15) is 17.8 Å². The molecule has 5 heteroatoms. The molecule has 0 saturated heterocycles. The number of hydrogen-bond acceptors (Lipinski definition) is 4. The molecule has 1 aromatic heterocycles. The Labute approximate surface area is 110 Å². The van der Waals surface area contributed by atoms with Gasteiger partial charge < -0.3 is 14.5 Å². The second-order valence-electron chi connectivity index (χ2n) is 3.99. The molecule has 2 aromatic rings. The quantitative estimate of drug-likeness (QED) is 0.842. The zero-order valence-corrected chi connectivity index (χ0v) is 10.5. The van der Waals surface area contributed by atoms with Crippen LogP contribution in [0.4, 0.5) is 4.39 Å². The predicted molar refractivity (Wildman–Crippen MR) is 67.0 cm³/mol. The van der Waals surface area contributed by atoms with E-state index in [0.29, 0.717) is 30.0 Å². The van der Waals surface area contributed by atoms with Crippen molar-refractivity contribution >= 4 is 5.97 Å². The van der Waals surface area contributed by atoms with Crippen molar-refractivity contribution in [1.29, 1.82) is 0 Å². The van der Waals surface area contributed by atoms with Crippen LogP contribution in [-0.2, 0) is 17.8 Å². The normalized spacial score (nSPS) is 10.4. The SMILES string of the molecule is COC(=O)c1coc(CNCc2ccccc2F)c1. The summed E-state index contributed by atoms with van der Waals surface area (Å²) in [7, 11) is 1.31. The fourth-order valence-corrected chi connectivity index (χ4v) is 1.66.